The molecule has 0 aliphatic carbocycles. The SMILES string of the molecule is CCCCC/C=C\C/C=C\CCCCCCCCCCCC(=O)OC(/C=C\CCCCCCCCCCC)C(COP(=O)([O-])OCC[N+](C)(C)C)NC(=O)CC/C=C/C/C=C\CCCCCCCC. The molecule has 0 radical (unpaired) electrons. The van der Waals surface area contributed by atoms with Crippen LogP contribution in [0.3, 0.4) is 0 Å². The van der Waals surface area contributed by atoms with Gasteiger partial charge in [0.05, 0.1) is 33.8 Å². The van der Waals surface area contributed by atoms with Gasteiger partial charge in [0.15, 0.2) is 0 Å². The van der Waals surface area contributed by atoms with Crippen LogP contribution in [0.15, 0.2) is 60.8 Å². The van der Waals surface area contributed by atoms with Gasteiger partial charge in [-0.3, -0.25) is 14.2 Å². The van der Waals surface area contributed by atoms with Gasteiger partial charge >= 0.3 is 5.97 Å². The molecule has 0 saturated carbocycles. The summed E-state index contributed by atoms with van der Waals surface area (Å²) in [6.07, 6.45) is 60.6. The molecule has 0 aromatic rings. The number of allylic oxidation sites excluding steroid dienone is 9. The van der Waals surface area contributed by atoms with Gasteiger partial charge in [0.1, 0.15) is 19.3 Å². The van der Waals surface area contributed by atoms with Gasteiger partial charge in [0, 0.05) is 12.8 Å². The second kappa shape index (κ2) is 49.3. The van der Waals surface area contributed by atoms with Gasteiger partial charge in [-0.05, 0) is 83.1 Å². The molecule has 0 bridgehead atoms. The number of carbonyl (C=O) groups is 2. The van der Waals surface area contributed by atoms with Crippen LogP contribution in [0.25, 0.3) is 0 Å². The Labute approximate surface area is 426 Å². The molecule has 0 saturated heterocycles. The number of quaternary nitrogens is 1. The quantitative estimate of drug-likeness (QED) is 0.0212. The van der Waals surface area contributed by atoms with Crippen molar-refractivity contribution in [2.45, 2.75) is 264 Å². The van der Waals surface area contributed by atoms with Crippen molar-refractivity contribution in [3.63, 3.8) is 0 Å². The minimum Gasteiger partial charge on any atom is -0.756 e. The van der Waals surface area contributed by atoms with E-state index in [1.54, 1.807) is 0 Å². The second-order valence-electron chi connectivity index (χ2n) is 20.4. The molecule has 3 atom stereocenters. The number of ether oxygens (including phenoxy) is 1. The number of nitrogens with zero attached hydrogens (tertiary/aromatic N) is 1. The average molecular weight is 990 g/mol. The Hall–Kier alpha value is -2.29. The van der Waals surface area contributed by atoms with Crippen LogP contribution in [0, 0.1) is 0 Å². The Bertz CT molecular complexity index is 1370. The van der Waals surface area contributed by atoms with Crippen molar-refractivity contribution in [1.82, 2.24) is 5.32 Å². The maximum absolute atomic E-state index is 13.4. The van der Waals surface area contributed by atoms with E-state index < -0.39 is 26.6 Å². The smallest absolute Gasteiger partial charge is 0.306 e. The van der Waals surface area contributed by atoms with Crippen LogP contribution in [0.4, 0.5) is 0 Å². The van der Waals surface area contributed by atoms with E-state index in [-0.39, 0.29) is 31.3 Å². The van der Waals surface area contributed by atoms with Crippen molar-refractivity contribution >= 4 is 19.7 Å². The highest BCUT2D eigenvalue weighted by Crippen LogP contribution is 2.38. The normalized spacial score (nSPS) is 14.2. The lowest BCUT2D eigenvalue weighted by Crippen LogP contribution is -2.47. The molecule has 0 aliphatic heterocycles. The summed E-state index contributed by atoms with van der Waals surface area (Å²) in [5, 5.41) is 2.97. The van der Waals surface area contributed by atoms with Crippen LogP contribution >= 0.6 is 7.82 Å². The zero-order valence-corrected chi connectivity index (χ0v) is 46.7. The summed E-state index contributed by atoms with van der Waals surface area (Å²) in [5.41, 5.74) is 0. The molecule has 0 aliphatic rings. The van der Waals surface area contributed by atoms with Crippen LogP contribution in [-0.2, 0) is 27.9 Å². The molecule has 402 valence electrons. The van der Waals surface area contributed by atoms with Gasteiger partial charge in [-0.2, -0.15) is 0 Å². The van der Waals surface area contributed by atoms with E-state index in [4.69, 9.17) is 13.8 Å². The number of phosphoric acid groups is 1. The first-order chi connectivity index (χ1) is 33.4. The summed E-state index contributed by atoms with van der Waals surface area (Å²) in [6, 6.07) is -0.919. The van der Waals surface area contributed by atoms with E-state index in [1.807, 2.05) is 39.4 Å². The summed E-state index contributed by atoms with van der Waals surface area (Å²) in [7, 11) is 1.15. The molecule has 0 heterocycles. The number of carbonyl (C=O) groups excluding carboxylic acids is 2. The number of nitrogens with one attached hydrogen (secondary N) is 1. The van der Waals surface area contributed by atoms with Crippen molar-refractivity contribution in [2.75, 3.05) is 40.9 Å². The standard InChI is InChI=1S/C59H109N2O7P/c1-7-10-13-16-19-22-25-27-28-29-30-31-32-34-37-40-43-46-49-52-59(63)68-57(50-47-44-41-38-35-24-21-18-15-12-9-3)56(55-67-69(64,65)66-54-53-61(4,5)6)60-58(62)51-48-45-42-39-36-33-26-23-20-17-14-11-8-2/h19,22,27-28,33,36,42,45,47,50,56-57H,7-18,20-21,23-26,29-32,34-35,37-41,43-44,46,48-49,51-55H2,1-6H3,(H-,60,62,64,65)/b22-19-,28-27-,36-33-,45-42+,50-47-. The summed E-state index contributed by atoms with van der Waals surface area (Å²) in [6.45, 7) is 6.75. The van der Waals surface area contributed by atoms with Crippen LogP contribution < -0.4 is 10.2 Å². The first-order valence-electron chi connectivity index (χ1n) is 28.6. The molecule has 0 aromatic heterocycles. The molecular formula is C59H109N2O7P. The second-order valence-corrected chi connectivity index (χ2v) is 21.8. The van der Waals surface area contributed by atoms with Gasteiger partial charge in [0.2, 0.25) is 5.91 Å². The van der Waals surface area contributed by atoms with Gasteiger partial charge in [0.25, 0.3) is 7.82 Å². The maximum atomic E-state index is 13.4. The van der Waals surface area contributed by atoms with Crippen molar-refractivity contribution < 1.29 is 37.3 Å². The number of phosphoric ester groups is 1. The highest BCUT2D eigenvalue weighted by Gasteiger charge is 2.27. The highest BCUT2D eigenvalue weighted by molar-refractivity contribution is 7.45. The molecule has 0 rings (SSSR count). The van der Waals surface area contributed by atoms with E-state index in [0.29, 0.717) is 17.4 Å². The number of hydrogen-bond donors (Lipinski definition) is 1. The van der Waals surface area contributed by atoms with E-state index in [2.05, 4.69) is 68.6 Å². The number of hydrogen-bond acceptors (Lipinski definition) is 7. The number of amides is 1. The fraction of sp³-hybridized carbons (Fsp3) is 0.797. The Morgan fingerprint density at radius 3 is 1.36 bits per heavy atom. The third kappa shape index (κ3) is 50.4. The predicted octanol–water partition coefficient (Wildman–Crippen LogP) is 16.5. The van der Waals surface area contributed by atoms with Crippen molar-refractivity contribution in [1.29, 1.82) is 0 Å². The fourth-order valence-electron chi connectivity index (χ4n) is 7.95. The molecule has 0 spiro atoms. The number of unbranched alkanes of at least 4 members (excludes halogenated alkanes) is 27. The maximum Gasteiger partial charge on any atom is 0.306 e. The van der Waals surface area contributed by atoms with E-state index in [1.165, 1.54) is 141 Å². The topological polar surface area (TPSA) is 114 Å². The van der Waals surface area contributed by atoms with Crippen molar-refractivity contribution in [3.8, 4) is 0 Å². The van der Waals surface area contributed by atoms with Gasteiger partial charge < -0.3 is 28.5 Å². The van der Waals surface area contributed by atoms with E-state index >= 15 is 0 Å². The third-order valence-corrected chi connectivity index (χ3v) is 13.4. The summed E-state index contributed by atoms with van der Waals surface area (Å²) < 4.78 is 30.1. The van der Waals surface area contributed by atoms with E-state index in [9.17, 15) is 19.0 Å². The molecule has 0 aromatic carbocycles. The highest BCUT2D eigenvalue weighted by atomic mass is 31.2. The summed E-state index contributed by atoms with van der Waals surface area (Å²) in [4.78, 5) is 39.7. The Morgan fingerprint density at radius 1 is 0.507 bits per heavy atom. The summed E-state index contributed by atoms with van der Waals surface area (Å²) in [5.74, 6) is -0.624. The Morgan fingerprint density at radius 2 is 0.899 bits per heavy atom. The first kappa shape index (κ1) is 66.7. The van der Waals surface area contributed by atoms with Crippen LogP contribution in [0.1, 0.15) is 252 Å². The van der Waals surface area contributed by atoms with Crippen LogP contribution in [-0.4, -0.2) is 69.4 Å². The molecule has 3 unspecified atom stereocenters. The molecule has 0 fully saturated rings. The lowest BCUT2D eigenvalue weighted by Gasteiger charge is -2.30. The lowest BCUT2D eigenvalue weighted by molar-refractivity contribution is -0.870. The van der Waals surface area contributed by atoms with Gasteiger partial charge in [-0.25, -0.2) is 0 Å². The number of esters is 1. The van der Waals surface area contributed by atoms with Crippen molar-refractivity contribution in [2.24, 2.45) is 0 Å². The zero-order valence-electron chi connectivity index (χ0n) is 45.8. The van der Waals surface area contributed by atoms with Gasteiger partial charge in [-0.15, -0.1) is 0 Å². The van der Waals surface area contributed by atoms with Crippen molar-refractivity contribution in [3.05, 3.63) is 60.8 Å². The monoisotopic (exact) mass is 989 g/mol. The molecular weight excluding hydrogens is 880 g/mol. The van der Waals surface area contributed by atoms with E-state index in [0.717, 1.165) is 70.6 Å². The van der Waals surface area contributed by atoms with Crippen LogP contribution in [0.2, 0.25) is 0 Å². The largest absolute Gasteiger partial charge is 0.756 e. The molecule has 10 heteroatoms. The minimum absolute atomic E-state index is 0.0332. The molecule has 9 nitrogen and oxygen atoms in total. The molecule has 69 heavy (non-hydrogen) atoms. The summed E-state index contributed by atoms with van der Waals surface area (Å²) >= 11 is 0. The van der Waals surface area contributed by atoms with Crippen LogP contribution in [0.5, 0.6) is 0 Å². The molecule has 1 amide bonds. The Balaban J connectivity index is 5.34. The Kier molecular flexibility index (Phi) is 47.7. The lowest BCUT2D eigenvalue weighted by atomic mass is 10.1. The third-order valence-electron chi connectivity index (χ3n) is 12.4. The van der Waals surface area contributed by atoms with Gasteiger partial charge in [-0.1, -0.05) is 217 Å². The first-order valence-corrected chi connectivity index (χ1v) is 30.1. The predicted molar refractivity (Wildman–Crippen MR) is 293 cm³/mol. The number of rotatable bonds is 51. The number of likely N-dealkylation sites (N-methyl/N-ethyl adjacent to an activating group) is 1. The fourth-order valence-corrected chi connectivity index (χ4v) is 8.68. The molecule has 1 N–H and O–H groups in total. The average Bonchev–Trinajstić information content (AvgIpc) is 3.31. The zero-order chi connectivity index (χ0) is 50.8. The minimum atomic E-state index is -4.71.